The van der Waals surface area contributed by atoms with Crippen molar-refractivity contribution >= 4 is 0 Å². The molecule has 2 rings (SSSR count). The summed E-state index contributed by atoms with van der Waals surface area (Å²) in [5.74, 6) is 2.88. The topological polar surface area (TPSA) is 12.5 Å². The lowest BCUT2D eigenvalue weighted by atomic mass is 9.98. The largest absolute Gasteiger partial charge is 0.377 e. The van der Waals surface area contributed by atoms with Gasteiger partial charge in [0.05, 0.1) is 13.2 Å². The molecule has 60 valence electrons. The molecule has 2 nitrogen and oxygen atoms in total. The Morgan fingerprint density at radius 3 is 3.09 bits per heavy atom. The standard InChI is InChI=1S/C9H13NO/c1-2-9-4-3-5-10(9)6-7-11-8-9/h1H,3-8H2. The molecule has 2 fully saturated rings. The SMILES string of the molecule is C#CC12CCCN1CCOC2. The Morgan fingerprint density at radius 2 is 2.36 bits per heavy atom. The van der Waals surface area contributed by atoms with Crippen molar-refractivity contribution in [1.82, 2.24) is 4.90 Å². The first-order chi connectivity index (χ1) is 5.37. The number of hydrogen-bond acceptors (Lipinski definition) is 2. The van der Waals surface area contributed by atoms with Crippen LogP contribution in [0.15, 0.2) is 0 Å². The Morgan fingerprint density at radius 1 is 1.45 bits per heavy atom. The molecule has 1 unspecified atom stereocenters. The zero-order chi connectivity index (χ0) is 7.73. The molecule has 2 heteroatoms. The first-order valence-electron chi connectivity index (χ1n) is 4.18. The maximum Gasteiger partial charge on any atom is 0.106 e. The zero-order valence-electron chi connectivity index (χ0n) is 6.68. The van der Waals surface area contributed by atoms with E-state index in [0.29, 0.717) is 0 Å². The van der Waals surface area contributed by atoms with Gasteiger partial charge >= 0.3 is 0 Å². The Balaban J connectivity index is 2.20. The fourth-order valence-corrected chi connectivity index (χ4v) is 2.04. The van der Waals surface area contributed by atoms with E-state index >= 15 is 0 Å². The van der Waals surface area contributed by atoms with Crippen LogP contribution in [0, 0.1) is 12.3 Å². The van der Waals surface area contributed by atoms with Gasteiger partial charge in [-0.15, -0.1) is 6.42 Å². The maximum atomic E-state index is 5.51. The lowest BCUT2D eigenvalue weighted by molar-refractivity contribution is -0.0182. The number of nitrogens with zero attached hydrogens (tertiary/aromatic N) is 1. The highest BCUT2D eigenvalue weighted by atomic mass is 16.5. The van der Waals surface area contributed by atoms with E-state index in [9.17, 15) is 0 Å². The molecule has 0 aromatic carbocycles. The molecule has 2 saturated heterocycles. The van der Waals surface area contributed by atoms with E-state index < -0.39 is 0 Å². The molecule has 2 aliphatic heterocycles. The van der Waals surface area contributed by atoms with Gasteiger partial charge in [-0.05, 0) is 19.4 Å². The summed E-state index contributed by atoms with van der Waals surface area (Å²) in [6, 6.07) is 0. The molecule has 0 saturated carbocycles. The Hall–Kier alpha value is -0.520. The molecule has 0 bridgehead atoms. The van der Waals surface area contributed by atoms with Crippen LogP contribution in [0.4, 0.5) is 0 Å². The second kappa shape index (κ2) is 2.51. The van der Waals surface area contributed by atoms with Gasteiger partial charge in [-0.2, -0.15) is 0 Å². The number of fused-ring (bicyclic) bond motifs is 1. The summed E-state index contributed by atoms with van der Waals surface area (Å²) in [4.78, 5) is 2.39. The van der Waals surface area contributed by atoms with Gasteiger partial charge in [-0.3, -0.25) is 4.90 Å². The molecule has 2 aliphatic rings. The van der Waals surface area contributed by atoms with Gasteiger partial charge in [0.25, 0.3) is 0 Å². The van der Waals surface area contributed by atoms with Crippen LogP contribution >= 0.6 is 0 Å². The molecule has 0 radical (unpaired) electrons. The van der Waals surface area contributed by atoms with Crippen molar-refractivity contribution in [2.75, 3.05) is 26.3 Å². The molecular weight excluding hydrogens is 138 g/mol. The maximum absolute atomic E-state index is 5.51. The molecule has 0 aromatic heterocycles. The fraction of sp³-hybridized carbons (Fsp3) is 0.778. The fourth-order valence-electron chi connectivity index (χ4n) is 2.04. The minimum atomic E-state index is -0.0295. The molecule has 0 amide bonds. The average Bonchev–Trinajstić information content (AvgIpc) is 2.48. The van der Waals surface area contributed by atoms with E-state index in [1.807, 2.05) is 0 Å². The van der Waals surface area contributed by atoms with Crippen LogP contribution in [0.5, 0.6) is 0 Å². The minimum Gasteiger partial charge on any atom is -0.377 e. The Bertz CT molecular complexity index is 196. The number of ether oxygens (including phenoxy) is 1. The van der Waals surface area contributed by atoms with Crippen molar-refractivity contribution in [3.05, 3.63) is 0 Å². The van der Waals surface area contributed by atoms with Crippen molar-refractivity contribution in [3.63, 3.8) is 0 Å². The molecule has 0 aliphatic carbocycles. The van der Waals surface area contributed by atoms with Gasteiger partial charge in [-0.25, -0.2) is 0 Å². The Labute approximate surface area is 67.5 Å². The predicted octanol–water partition coefficient (Wildman–Crippen LogP) is 0.484. The third-order valence-corrected chi connectivity index (χ3v) is 2.74. The molecule has 0 N–H and O–H groups in total. The van der Waals surface area contributed by atoms with Gasteiger partial charge in [-0.1, -0.05) is 5.92 Å². The summed E-state index contributed by atoms with van der Waals surface area (Å²) in [6.45, 7) is 3.77. The first-order valence-corrected chi connectivity index (χ1v) is 4.18. The third kappa shape index (κ3) is 0.962. The van der Waals surface area contributed by atoms with Gasteiger partial charge in [0.1, 0.15) is 5.54 Å². The van der Waals surface area contributed by atoms with Gasteiger partial charge in [0, 0.05) is 6.54 Å². The minimum absolute atomic E-state index is 0.0295. The van der Waals surface area contributed by atoms with Crippen LogP contribution < -0.4 is 0 Å². The highest BCUT2D eigenvalue weighted by molar-refractivity contribution is 5.17. The van der Waals surface area contributed by atoms with Crippen molar-refractivity contribution in [2.24, 2.45) is 0 Å². The van der Waals surface area contributed by atoms with E-state index in [1.54, 1.807) is 0 Å². The summed E-state index contributed by atoms with van der Waals surface area (Å²) >= 11 is 0. The summed E-state index contributed by atoms with van der Waals surface area (Å²) < 4.78 is 5.39. The lowest BCUT2D eigenvalue weighted by Gasteiger charge is -2.37. The van der Waals surface area contributed by atoms with E-state index in [-0.39, 0.29) is 5.54 Å². The van der Waals surface area contributed by atoms with Crippen LogP contribution in [0.25, 0.3) is 0 Å². The predicted molar refractivity (Wildman–Crippen MR) is 43.2 cm³/mol. The summed E-state index contributed by atoms with van der Waals surface area (Å²) in [5.41, 5.74) is -0.0295. The summed E-state index contributed by atoms with van der Waals surface area (Å²) in [6.07, 6.45) is 7.85. The van der Waals surface area contributed by atoms with Crippen LogP contribution in [0.2, 0.25) is 0 Å². The van der Waals surface area contributed by atoms with E-state index in [2.05, 4.69) is 10.8 Å². The van der Waals surface area contributed by atoms with Crippen LogP contribution in [0.3, 0.4) is 0 Å². The van der Waals surface area contributed by atoms with Gasteiger partial charge in [0.15, 0.2) is 0 Å². The summed E-state index contributed by atoms with van der Waals surface area (Å²) in [7, 11) is 0. The summed E-state index contributed by atoms with van der Waals surface area (Å²) in [5, 5.41) is 0. The number of rotatable bonds is 0. The molecule has 2 heterocycles. The second-order valence-corrected chi connectivity index (χ2v) is 3.32. The van der Waals surface area contributed by atoms with Crippen LogP contribution in [0.1, 0.15) is 12.8 Å². The number of terminal acetylenes is 1. The second-order valence-electron chi connectivity index (χ2n) is 3.32. The van der Waals surface area contributed by atoms with Crippen molar-refractivity contribution in [1.29, 1.82) is 0 Å². The quantitative estimate of drug-likeness (QED) is 0.467. The number of hydrogen-bond donors (Lipinski definition) is 0. The van der Waals surface area contributed by atoms with Crippen LogP contribution in [-0.4, -0.2) is 36.7 Å². The molecule has 11 heavy (non-hydrogen) atoms. The van der Waals surface area contributed by atoms with Gasteiger partial charge in [0.2, 0.25) is 0 Å². The van der Waals surface area contributed by atoms with Crippen molar-refractivity contribution in [3.8, 4) is 12.3 Å². The number of morpholine rings is 1. The first kappa shape index (κ1) is 7.15. The average molecular weight is 151 g/mol. The molecule has 0 aromatic rings. The van der Waals surface area contributed by atoms with E-state index in [4.69, 9.17) is 11.2 Å². The normalized spacial score (nSPS) is 38.1. The van der Waals surface area contributed by atoms with Crippen molar-refractivity contribution in [2.45, 2.75) is 18.4 Å². The van der Waals surface area contributed by atoms with E-state index in [0.717, 1.165) is 32.7 Å². The molecule has 1 atom stereocenters. The molecular formula is C9H13NO. The monoisotopic (exact) mass is 151 g/mol. The highest BCUT2D eigenvalue weighted by Gasteiger charge is 2.41. The molecule has 0 spiro atoms. The van der Waals surface area contributed by atoms with E-state index in [1.165, 1.54) is 6.42 Å². The smallest absolute Gasteiger partial charge is 0.106 e. The van der Waals surface area contributed by atoms with Gasteiger partial charge < -0.3 is 4.74 Å². The highest BCUT2D eigenvalue weighted by Crippen LogP contribution is 2.30. The van der Waals surface area contributed by atoms with Crippen molar-refractivity contribution < 1.29 is 4.74 Å². The van der Waals surface area contributed by atoms with Crippen LogP contribution in [-0.2, 0) is 4.74 Å². The zero-order valence-corrected chi connectivity index (χ0v) is 6.68. The Kier molecular flexibility index (Phi) is 1.63. The lowest BCUT2D eigenvalue weighted by Crippen LogP contribution is -2.51. The third-order valence-electron chi connectivity index (χ3n) is 2.74.